The summed E-state index contributed by atoms with van der Waals surface area (Å²) in [7, 11) is 0. The van der Waals surface area contributed by atoms with Crippen LogP contribution in [0.5, 0.6) is 0 Å². The highest BCUT2D eigenvalue weighted by atomic mass is 35.5. The second kappa shape index (κ2) is 5.60. The zero-order valence-electron chi connectivity index (χ0n) is 11.0. The lowest BCUT2D eigenvalue weighted by molar-refractivity contribution is 0.755. The van der Waals surface area contributed by atoms with Gasteiger partial charge in [0.05, 0.1) is 5.69 Å². The lowest BCUT2D eigenvalue weighted by atomic mass is 10.1. The zero-order valence-corrected chi connectivity index (χ0v) is 12.6. The Morgan fingerprint density at radius 1 is 1.24 bits per heavy atom. The lowest BCUT2D eigenvalue weighted by Crippen LogP contribution is -2.04. The minimum atomic E-state index is 0.290. The van der Waals surface area contributed by atoms with Crippen molar-refractivity contribution < 1.29 is 0 Å². The Balaban J connectivity index is 2.02. The smallest absolute Gasteiger partial charge is 0.191 e. The van der Waals surface area contributed by atoms with E-state index in [1.807, 2.05) is 31.2 Å². The topological polar surface area (TPSA) is 80.3 Å². The second-order valence-electron chi connectivity index (χ2n) is 4.32. The second-order valence-corrected chi connectivity index (χ2v) is 5.91. The van der Waals surface area contributed by atoms with E-state index in [4.69, 9.17) is 11.6 Å². The molecular formula is C13H9ClN6S. The van der Waals surface area contributed by atoms with Crippen molar-refractivity contribution >= 4 is 22.9 Å². The predicted molar refractivity (Wildman–Crippen MR) is 78.5 cm³/mol. The summed E-state index contributed by atoms with van der Waals surface area (Å²) in [4.78, 5) is 0. The van der Waals surface area contributed by atoms with Crippen molar-refractivity contribution in [2.24, 2.45) is 0 Å². The van der Waals surface area contributed by atoms with E-state index in [2.05, 4.69) is 26.6 Å². The average Bonchev–Trinajstić information content (AvgIpc) is 3.07. The molecule has 0 aliphatic rings. The van der Waals surface area contributed by atoms with Crippen molar-refractivity contribution in [3.05, 3.63) is 51.2 Å². The van der Waals surface area contributed by atoms with Crippen LogP contribution in [0.2, 0.25) is 5.02 Å². The standard InChI is InChI=1S/C13H9ClN6S/c1-8-16-18-13(21-8)20-12(11(7-15)17-19-20)6-9-2-4-10(14)5-3-9/h2-5H,6H2,1H3. The molecule has 6 nitrogen and oxygen atoms in total. The Morgan fingerprint density at radius 3 is 2.62 bits per heavy atom. The number of nitrogens with zero attached hydrogens (tertiary/aromatic N) is 6. The van der Waals surface area contributed by atoms with Crippen LogP contribution in [-0.2, 0) is 6.42 Å². The largest absolute Gasteiger partial charge is 0.234 e. The lowest BCUT2D eigenvalue weighted by Gasteiger charge is -2.03. The van der Waals surface area contributed by atoms with Gasteiger partial charge in [-0.05, 0) is 24.6 Å². The van der Waals surface area contributed by atoms with Gasteiger partial charge in [0.25, 0.3) is 0 Å². The molecule has 0 bridgehead atoms. The van der Waals surface area contributed by atoms with E-state index in [0.29, 0.717) is 22.3 Å². The van der Waals surface area contributed by atoms with Crippen molar-refractivity contribution in [3.63, 3.8) is 0 Å². The van der Waals surface area contributed by atoms with Gasteiger partial charge in [-0.3, -0.25) is 0 Å². The molecule has 0 radical (unpaired) electrons. The minimum absolute atomic E-state index is 0.290. The third kappa shape index (κ3) is 2.77. The zero-order chi connectivity index (χ0) is 14.8. The van der Waals surface area contributed by atoms with Crippen LogP contribution < -0.4 is 0 Å². The first-order valence-corrected chi connectivity index (χ1v) is 7.26. The Labute approximate surface area is 129 Å². The first-order valence-electron chi connectivity index (χ1n) is 6.07. The van der Waals surface area contributed by atoms with E-state index in [0.717, 1.165) is 10.6 Å². The van der Waals surface area contributed by atoms with Crippen molar-refractivity contribution in [2.45, 2.75) is 13.3 Å². The van der Waals surface area contributed by atoms with Crippen LogP contribution in [0.1, 0.15) is 22.0 Å². The monoisotopic (exact) mass is 316 g/mol. The van der Waals surface area contributed by atoms with Crippen LogP contribution >= 0.6 is 22.9 Å². The minimum Gasteiger partial charge on any atom is -0.191 e. The van der Waals surface area contributed by atoms with Crippen LogP contribution in [0.3, 0.4) is 0 Å². The number of hydrogen-bond donors (Lipinski definition) is 0. The van der Waals surface area contributed by atoms with Gasteiger partial charge in [0.15, 0.2) is 5.69 Å². The van der Waals surface area contributed by atoms with Gasteiger partial charge in [0.2, 0.25) is 5.13 Å². The van der Waals surface area contributed by atoms with Gasteiger partial charge in [-0.25, -0.2) is 0 Å². The van der Waals surface area contributed by atoms with Crippen molar-refractivity contribution in [2.75, 3.05) is 0 Å². The molecule has 0 saturated heterocycles. The van der Waals surface area contributed by atoms with Crippen LogP contribution in [-0.4, -0.2) is 25.2 Å². The molecule has 0 N–H and O–H groups in total. The number of aryl methyl sites for hydroxylation is 1. The van der Waals surface area contributed by atoms with Gasteiger partial charge in [-0.1, -0.05) is 40.3 Å². The Hall–Kier alpha value is -2.30. The summed E-state index contributed by atoms with van der Waals surface area (Å²) in [6.07, 6.45) is 0.520. The molecule has 3 aromatic rings. The van der Waals surface area contributed by atoms with E-state index >= 15 is 0 Å². The summed E-state index contributed by atoms with van der Waals surface area (Å²) < 4.78 is 1.57. The molecule has 2 heterocycles. The molecule has 0 aliphatic heterocycles. The fourth-order valence-electron chi connectivity index (χ4n) is 1.87. The molecule has 2 aromatic heterocycles. The average molecular weight is 317 g/mol. The van der Waals surface area contributed by atoms with Gasteiger partial charge in [0.1, 0.15) is 11.1 Å². The summed E-state index contributed by atoms with van der Waals surface area (Å²) in [6.45, 7) is 1.86. The highest BCUT2D eigenvalue weighted by Crippen LogP contribution is 2.20. The van der Waals surface area contributed by atoms with E-state index in [9.17, 15) is 5.26 Å². The summed E-state index contributed by atoms with van der Waals surface area (Å²) in [5.74, 6) is 0. The third-order valence-electron chi connectivity index (χ3n) is 2.85. The molecule has 1 aromatic carbocycles. The fraction of sp³-hybridized carbons (Fsp3) is 0.154. The van der Waals surface area contributed by atoms with Crippen molar-refractivity contribution in [1.29, 1.82) is 5.26 Å². The number of benzene rings is 1. The van der Waals surface area contributed by atoms with Crippen LogP contribution in [0.25, 0.3) is 5.13 Å². The van der Waals surface area contributed by atoms with Gasteiger partial charge in [-0.2, -0.15) is 9.94 Å². The molecule has 0 fully saturated rings. The summed E-state index contributed by atoms with van der Waals surface area (Å²) >= 11 is 7.28. The van der Waals surface area contributed by atoms with Gasteiger partial charge in [0, 0.05) is 11.4 Å². The SMILES string of the molecule is Cc1nnc(-n2nnc(C#N)c2Cc2ccc(Cl)cc2)s1. The van der Waals surface area contributed by atoms with Crippen LogP contribution in [0.15, 0.2) is 24.3 Å². The molecule has 0 unspecified atom stereocenters. The summed E-state index contributed by atoms with van der Waals surface area (Å²) in [5.41, 5.74) is 1.99. The third-order valence-corrected chi connectivity index (χ3v) is 3.92. The first kappa shape index (κ1) is 13.7. The van der Waals surface area contributed by atoms with Gasteiger partial charge < -0.3 is 0 Å². The Bertz CT molecular complexity index is 814. The summed E-state index contributed by atoms with van der Waals surface area (Å²) in [6, 6.07) is 9.50. The molecule has 0 saturated carbocycles. The fourth-order valence-corrected chi connectivity index (χ4v) is 2.65. The number of nitriles is 1. The van der Waals surface area contributed by atoms with E-state index in [1.165, 1.54) is 11.3 Å². The molecule has 8 heteroatoms. The molecule has 0 aliphatic carbocycles. The number of aromatic nitrogens is 5. The van der Waals surface area contributed by atoms with E-state index < -0.39 is 0 Å². The van der Waals surface area contributed by atoms with Gasteiger partial charge >= 0.3 is 0 Å². The molecular weight excluding hydrogens is 308 g/mol. The molecule has 0 spiro atoms. The number of rotatable bonds is 3. The van der Waals surface area contributed by atoms with E-state index in [1.54, 1.807) is 4.68 Å². The highest BCUT2D eigenvalue weighted by molar-refractivity contribution is 7.13. The maximum atomic E-state index is 9.19. The normalized spacial score (nSPS) is 10.5. The van der Waals surface area contributed by atoms with E-state index in [-0.39, 0.29) is 5.69 Å². The molecule has 0 atom stereocenters. The molecule has 3 rings (SSSR count). The highest BCUT2D eigenvalue weighted by Gasteiger charge is 2.17. The first-order chi connectivity index (χ1) is 10.2. The predicted octanol–water partition coefficient (Wildman–Crippen LogP) is 2.54. The summed E-state index contributed by atoms with van der Waals surface area (Å²) in [5, 5.41) is 27.2. The molecule has 21 heavy (non-hydrogen) atoms. The molecule has 104 valence electrons. The van der Waals surface area contributed by atoms with Crippen molar-refractivity contribution in [1.82, 2.24) is 25.2 Å². The maximum Gasteiger partial charge on any atom is 0.234 e. The number of halogens is 1. The van der Waals surface area contributed by atoms with Crippen LogP contribution in [0.4, 0.5) is 0 Å². The van der Waals surface area contributed by atoms with Crippen molar-refractivity contribution in [3.8, 4) is 11.2 Å². The van der Waals surface area contributed by atoms with Crippen LogP contribution in [0, 0.1) is 18.3 Å². The Kier molecular flexibility index (Phi) is 3.64. The number of hydrogen-bond acceptors (Lipinski definition) is 6. The maximum absolute atomic E-state index is 9.19. The Morgan fingerprint density at radius 2 is 2.00 bits per heavy atom. The molecule has 0 amide bonds. The van der Waals surface area contributed by atoms with Gasteiger partial charge in [-0.15, -0.1) is 15.3 Å². The quantitative estimate of drug-likeness (QED) is 0.741.